The number of hydrogen-bond acceptors (Lipinski definition) is 6. The first-order valence-corrected chi connectivity index (χ1v) is 10.6. The molecule has 1 amide bonds. The Morgan fingerprint density at radius 3 is 2.48 bits per heavy atom. The van der Waals surface area contributed by atoms with Crippen molar-refractivity contribution in [1.82, 2.24) is 15.3 Å². The van der Waals surface area contributed by atoms with Crippen molar-refractivity contribution in [3.05, 3.63) is 41.7 Å². The molecule has 2 fully saturated rings. The quantitative estimate of drug-likeness (QED) is 0.721. The first-order valence-electron chi connectivity index (χ1n) is 10.6. The number of amides is 1. The Morgan fingerprint density at radius 2 is 1.79 bits per heavy atom. The monoisotopic (exact) mass is 394 g/mol. The number of carbonyl (C=O) groups excluding carboxylic acids is 1. The second kappa shape index (κ2) is 8.78. The molecule has 2 heterocycles. The first-order chi connectivity index (χ1) is 14.1. The average molecular weight is 395 g/mol. The summed E-state index contributed by atoms with van der Waals surface area (Å²) in [5, 5.41) is 6.32. The number of aryl methyl sites for hydroxylation is 1. The van der Waals surface area contributed by atoms with Crippen molar-refractivity contribution < 1.29 is 4.79 Å². The van der Waals surface area contributed by atoms with Gasteiger partial charge in [0.05, 0.1) is 5.56 Å². The zero-order valence-corrected chi connectivity index (χ0v) is 17.0. The smallest absolute Gasteiger partial charge is 0.254 e. The van der Waals surface area contributed by atoms with E-state index in [1.807, 2.05) is 6.07 Å². The number of nitrogens with zero attached hydrogens (tertiary/aromatic N) is 3. The lowest BCUT2D eigenvalue weighted by Crippen LogP contribution is -2.40. The van der Waals surface area contributed by atoms with Crippen LogP contribution in [0, 0.1) is 6.92 Å². The van der Waals surface area contributed by atoms with Gasteiger partial charge in [0.2, 0.25) is 5.95 Å². The van der Waals surface area contributed by atoms with Crippen LogP contribution in [0.3, 0.4) is 0 Å². The van der Waals surface area contributed by atoms with Crippen LogP contribution in [0.15, 0.2) is 30.6 Å². The molecule has 29 heavy (non-hydrogen) atoms. The maximum atomic E-state index is 12.4. The fourth-order valence-corrected chi connectivity index (χ4v) is 4.16. The molecule has 0 unspecified atom stereocenters. The topological polar surface area (TPSA) is 96.2 Å². The number of nitrogens with one attached hydrogen (secondary N) is 2. The Bertz CT molecular complexity index is 839. The van der Waals surface area contributed by atoms with Crippen LogP contribution in [-0.4, -0.2) is 41.0 Å². The molecule has 7 heteroatoms. The van der Waals surface area contributed by atoms with Crippen LogP contribution >= 0.6 is 0 Å². The number of hydrogen-bond donors (Lipinski definition) is 3. The van der Waals surface area contributed by atoms with Gasteiger partial charge in [-0.25, -0.2) is 9.97 Å². The highest BCUT2D eigenvalue weighted by atomic mass is 16.1. The molecule has 1 aliphatic carbocycles. The summed E-state index contributed by atoms with van der Waals surface area (Å²) in [6.07, 6.45) is 9.43. The highest BCUT2D eigenvalue weighted by Gasteiger charge is 2.21. The molecule has 0 spiro atoms. The SMILES string of the molecule is Cc1ccc(Nc2ncc(C(=O)NC3CCC(N)CC3)cn2)cc1N1CCCC1. The predicted molar refractivity (Wildman–Crippen MR) is 116 cm³/mol. The van der Waals surface area contributed by atoms with E-state index in [1.54, 1.807) is 12.4 Å². The van der Waals surface area contributed by atoms with Crippen molar-refractivity contribution in [2.75, 3.05) is 23.3 Å². The van der Waals surface area contributed by atoms with Crippen LogP contribution in [0.4, 0.5) is 17.3 Å². The van der Waals surface area contributed by atoms with Gasteiger partial charge in [0.15, 0.2) is 0 Å². The van der Waals surface area contributed by atoms with Gasteiger partial charge in [-0.15, -0.1) is 0 Å². The molecule has 1 aromatic carbocycles. The summed E-state index contributed by atoms with van der Waals surface area (Å²) < 4.78 is 0. The van der Waals surface area contributed by atoms with Gasteiger partial charge in [0, 0.05) is 48.9 Å². The lowest BCUT2D eigenvalue weighted by molar-refractivity contribution is 0.0925. The third-order valence-electron chi connectivity index (χ3n) is 5.93. The number of anilines is 3. The van der Waals surface area contributed by atoms with E-state index >= 15 is 0 Å². The van der Waals surface area contributed by atoms with Crippen molar-refractivity contribution in [1.29, 1.82) is 0 Å². The standard InChI is InChI=1S/C22H30N6O/c1-15-4-7-19(12-20(15)28-10-2-3-11-28)27-22-24-13-16(14-25-22)21(29)26-18-8-5-17(23)6-9-18/h4,7,12-14,17-18H,2-3,5-6,8-11,23H2,1H3,(H,26,29)(H,24,25,27). The maximum Gasteiger partial charge on any atom is 0.254 e. The minimum absolute atomic E-state index is 0.122. The number of rotatable bonds is 5. The average Bonchev–Trinajstić information content (AvgIpc) is 3.26. The molecule has 0 atom stereocenters. The Labute approximate surface area is 172 Å². The van der Waals surface area contributed by atoms with Crippen LogP contribution in [0.1, 0.15) is 54.4 Å². The Morgan fingerprint density at radius 1 is 1.10 bits per heavy atom. The second-order valence-corrected chi connectivity index (χ2v) is 8.20. The van der Waals surface area contributed by atoms with E-state index in [4.69, 9.17) is 5.73 Å². The van der Waals surface area contributed by atoms with E-state index in [9.17, 15) is 4.79 Å². The van der Waals surface area contributed by atoms with Crippen molar-refractivity contribution in [3.8, 4) is 0 Å². The first kappa shape index (κ1) is 19.6. The van der Waals surface area contributed by atoms with E-state index < -0.39 is 0 Å². The third-order valence-corrected chi connectivity index (χ3v) is 5.93. The Kier molecular flexibility index (Phi) is 5.94. The summed E-state index contributed by atoms with van der Waals surface area (Å²) >= 11 is 0. The summed E-state index contributed by atoms with van der Waals surface area (Å²) in [5.74, 6) is 0.366. The minimum atomic E-state index is -0.122. The number of carbonyl (C=O) groups is 1. The number of nitrogens with two attached hydrogens (primary N) is 1. The van der Waals surface area contributed by atoms with Crippen LogP contribution in [-0.2, 0) is 0 Å². The maximum absolute atomic E-state index is 12.4. The minimum Gasteiger partial charge on any atom is -0.371 e. The molecule has 154 valence electrons. The fourth-order valence-electron chi connectivity index (χ4n) is 4.16. The third kappa shape index (κ3) is 4.85. The normalized spacial score (nSPS) is 21.8. The molecular weight excluding hydrogens is 364 g/mol. The summed E-state index contributed by atoms with van der Waals surface area (Å²) in [6.45, 7) is 4.36. The Balaban J connectivity index is 1.38. The summed E-state index contributed by atoms with van der Waals surface area (Å²) in [4.78, 5) is 23.5. The molecule has 0 radical (unpaired) electrons. The molecule has 1 aromatic heterocycles. The summed E-state index contributed by atoms with van der Waals surface area (Å²) in [5.41, 5.74) is 9.89. The van der Waals surface area contributed by atoms with Gasteiger partial charge < -0.3 is 21.3 Å². The summed E-state index contributed by atoms with van der Waals surface area (Å²) in [6, 6.07) is 6.76. The van der Waals surface area contributed by atoms with Crippen molar-refractivity contribution in [3.63, 3.8) is 0 Å². The number of benzene rings is 1. The van der Waals surface area contributed by atoms with Gasteiger partial charge in [-0.3, -0.25) is 4.79 Å². The van der Waals surface area contributed by atoms with E-state index in [2.05, 4.69) is 44.6 Å². The fraction of sp³-hybridized carbons (Fsp3) is 0.500. The highest BCUT2D eigenvalue weighted by Crippen LogP contribution is 2.28. The highest BCUT2D eigenvalue weighted by molar-refractivity contribution is 5.93. The molecule has 1 saturated heterocycles. The molecule has 2 aromatic rings. The summed E-state index contributed by atoms with van der Waals surface area (Å²) in [7, 11) is 0. The molecule has 4 N–H and O–H groups in total. The van der Waals surface area contributed by atoms with Crippen LogP contribution in [0.25, 0.3) is 0 Å². The van der Waals surface area contributed by atoms with E-state index in [0.717, 1.165) is 44.5 Å². The lowest BCUT2D eigenvalue weighted by atomic mass is 9.92. The molecule has 0 bridgehead atoms. The van der Waals surface area contributed by atoms with Crippen molar-refractivity contribution >= 4 is 23.2 Å². The molecule has 4 rings (SSSR count). The molecular formula is C22H30N6O. The second-order valence-electron chi connectivity index (χ2n) is 8.20. The van der Waals surface area contributed by atoms with Gasteiger partial charge in [-0.05, 0) is 63.1 Å². The van der Waals surface area contributed by atoms with E-state index in [0.29, 0.717) is 11.5 Å². The molecule has 1 aliphatic heterocycles. The zero-order chi connectivity index (χ0) is 20.2. The van der Waals surface area contributed by atoms with Gasteiger partial charge in [-0.2, -0.15) is 0 Å². The van der Waals surface area contributed by atoms with E-state index in [-0.39, 0.29) is 18.0 Å². The largest absolute Gasteiger partial charge is 0.371 e. The molecule has 2 aliphatic rings. The zero-order valence-electron chi connectivity index (χ0n) is 17.0. The van der Waals surface area contributed by atoms with Crippen molar-refractivity contribution in [2.45, 2.75) is 57.5 Å². The van der Waals surface area contributed by atoms with Crippen LogP contribution < -0.4 is 21.3 Å². The van der Waals surface area contributed by atoms with E-state index in [1.165, 1.54) is 24.1 Å². The van der Waals surface area contributed by atoms with Gasteiger partial charge in [0.1, 0.15) is 0 Å². The Hall–Kier alpha value is -2.67. The van der Waals surface area contributed by atoms with Gasteiger partial charge >= 0.3 is 0 Å². The van der Waals surface area contributed by atoms with Gasteiger partial charge in [-0.1, -0.05) is 6.07 Å². The lowest BCUT2D eigenvalue weighted by Gasteiger charge is -2.26. The molecule has 7 nitrogen and oxygen atoms in total. The van der Waals surface area contributed by atoms with Gasteiger partial charge in [0.25, 0.3) is 5.91 Å². The number of aromatic nitrogens is 2. The predicted octanol–water partition coefficient (Wildman–Crippen LogP) is 3.13. The molecule has 1 saturated carbocycles. The van der Waals surface area contributed by atoms with Crippen LogP contribution in [0.5, 0.6) is 0 Å². The van der Waals surface area contributed by atoms with Crippen LogP contribution in [0.2, 0.25) is 0 Å². The van der Waals surface area contributed by atoms with Crippen molar-refractivity contribution in [2.24, 2.45) is 5.73 Å².